The standard InChI is InChI=1S/C12H20INO2/c1-2-3-4-5-6-7-10-14-12(15)16-11-8-9-13/h2-7,10-11H2,1H3,(H,14,15). The van der Waals surface area contributed by atoms with Crippen molar-refractivity contribution in [3.05, 3.63) is 0 Å². The molecule has 0 atom stereocenters. The average molecular weight is 337 g/mol. The van der Waals surface area contributed by atoms with Gasteiger partial charge in [0.15, 0.2) is 6.61 Å². The number of hydrogen-bond acceptors (Lipinski definition) is 2. The van der Waals surface area contributed by atoms with Crippen LogP contribution in [0.3, 0.4) is 0 Å². The largest absolute Gasteiger partial charge is 0.436 e. The van der Waals surface area contributed by atoms with Gasteiger partial charge in [-0.3, -0.25) is 0 Å². The van der Waals surface area contributed by atoms with E-state index in [-0.39, 0.29) is 12.7 Å². The van der Waals surface area contributed by atoms with Crippen LogP contribution in [0.25, 0.3) is 0 Å². The van der Waals surface area contributed by atoms with Crippen LogP contribution in [0.2, 0.25) is 0 Å². The van der Waals surface area contributed by atoms with Crippen LogP contribution in [-0.2, 0) is 4.74 Å². The molecule has 0 aliphatic heterocycles. The van der Waals surface area contributed by atoms with E-state index in [4.69, 9.17) is 4.74 Å². The maximum absolute atomic E-state index is 11.0. The van der Waals surface area contributed by atoms with Crippen LogP contribution in [0.1, 0.15) is 45.4 Å². The summed E-state index contributed by atoms with van der Waals surface area (Å²) in [6.45, 7) is 3.07. The van der Waals surface area contributed by atoms with Gasteiger partial charge >= 0.3 is 6.09 Å². The van der Waals surface area contributed by atoms with Crippen LogP contribution in [0.4, 0.5) is 4.79 Å². The van der Waals surface area contributed by atoms with Crippen molar-refractivity contribution in [2.45, 2.75) is 45.4 Å². The smallest absolute Gasteiger partial charge is 0.408 e. The van der Waals surface area contributed by atoms with Gasteiger partial charge in [0.05, 0.1) is 0 Å². The van der Waals surface area contributed by atoms with Gasteiger partial charge < -0.3 is 10.1 Å². The number of carbonyl (C=O) groups is 1. The van der Waals surface area contributed by atoms with Gasteiger partial charge in [-0.05, 0) is 10.3 Å². The van der Waals surface area contributed by atoms with E-state index in [1.807, 2.05) is 22.6 Å². The first-order chi connectivity index (χ1) is 7.81. The van der Waals surface area contributed by atoms with Gasteiger partial charge in [-0.2, -0.15) is 0 Å². The predicted octanol–water partition coefficient (Wildman–Crippen LogP) is 3.47. The summed E-state index contributed by atoms with van der Waals surface area (Å²) >= 11 is 1.91. The molecule has 0 unspecified atom stereocenters. The number of ether oxygens (including phenoxy) is 1. The topological polar surface area (TPSA) is 38.3 Å². The fourth-order valence-corrected chi connectivity index (χ4v) is 1.43. The van der Waals surface area contributed by atoms with Crippen molar-refractivity contribution in [1.82, 2.24) is 5.32 Å². The Kier molecular flexibility index (Phi) is 12.3. The Hall–Kier alpha value is -0.440. The molecule has 4 heteroatoms. The van der Waals surface area contributed by atoms with Gasteiger partial charge in [0.25, 0.3) is 0 Å². The number of alkyl carbamates (subject to hydrolysis) is 1. The highest BCUT2D eigenvalue weighted by Gasteiger charge is 1.98. The zero-order valence-electron chi connectivity index (χ0n) is 9.85. The van der Waals surface area contributed by atoms with Gasteiger partial charge in [0, 0.05) is 29.1 Å². The minimum Gasteiger partial charge on any atom is -0.436 e. The molecule has 0 spiro atoms. The quantitative estimate of drug-likeness (QED) is 0.418. The molecule has 0 fully saturated rings. The summed E-state index contributed by atoms with van der Waals surface area (Å²) in [5.41, 5.74) is 0. The summed E-state index contributed by atoms with van der Waals surface area (Å²) in [6, 6.07) is 0. The van der Waals surface area contributed by atoms with Crippen LogP contribution in [-0.4, -0.2) is 19.2 Å². The SMILES string of the molecule is CCCCCCCCNC(=O)OCC#CI. The monoisotopic (exact) mass is 337 g/mol. The van der Waals surface area contributed by atoms with E-state index in [1.54, 1.807) is 0 Å². The van der Waals surface area contributed by atoms with Gasteiger partial charge in [-0.15, -0.1) is 0 Å². The van der Waals surface area contributed by atoms with E-state index in [0.29, 0.717) is 6.54 Å². The average Bonchev–Trinajstić information content (AvgIpc) is 2.28. The third kappa shape index (κ3) is 11.6. The van der Waals surface area contributed by atoms with E-state index in [2.05, 4.69) is 22.1 Å². The van der Waals surface area contributed by atoms with Crippen LogP contribution in [0.5, 0.6) is 0 Å². The van der Waals surface area contributed by atoms with Crippen LogP contribution in [0, 0.1) is 9.85 Å². The van der Waals surface area contributed by atoms with Gasteiger partial charge in [-0.25, -0.2) is 4.79 Å². The van der Waals surface area contributed by atoms with Crippen molar-refractivity contribution in [2.75, 3.05) is 13.2 Å². The molecule has 0 aromatic rings. The van der Waals surface area contributed by atoms with E-state index >= 15 is 0 Å². The number of unbranched alkanes of at least 4 members (excludes halogenated alkanes) is 5. The third-order valence-corrected chi connectivity index (χ3v) is 2.52. The van der Waals surface area contributed by atoms with E-state index in [9.17, 15) is 4.79 Å². The molecule has 0 aliphatic carbocycles. The second kappa shape index (κ2) is 12.6. The van der Waals surface area contributed by atoms with Crippen molar-refractivity contribution in [1.29, 1.82) is 0 Å². The predicted molar refractivity (Wildman–Crippen MR) is 74.5 cm³/mol. The Morgan fingerprint density at radius 1 is 1.25 bits per heavy atom. The molecule has 92 valence electrons. The molecule has 0 heterocycles. The molecule has 0 saturated heterocycles. The van der Waals surface area contributed by atoms with Crippen molar-refractivity contribution >= 4 is 28.7 Å². The molecule has 3 nitrogen and oxygen atoms in total. The molecule has 0 rings (SSSR count). The van der Waals surface area contributed by atoms with E-state index in [0.717, 1.165) is 6.42 Å². The summed E-state index contributed by atoms with van der Waals surface area (Å²) in [5.74, 6) is 2.66. The maximum atomic E-state index is 11.0. The molecule has 16 heavy (non-hydrogen) atoms. The highest BCUT2D eigenvalue weighted by atomic mass is 127. The first-order valence-corrected chi connectivity index (χ1v) is 6.88. The van der Waals surface area contributed by atoms with Crippen LogP contribution >= 0.6 is 22.6 Å². The lowest BCUT2D eigenvalue weighted by Crippen LogP contribution is -2.25. The first kappa shape index (κ1) is 15.6. The lowest BCUT2D eigenvalue weighted by Gasteiger charge is -2.04. The minimum atomic E-state index is -0.368. The number of halogens is 1. The van der Waals surface area contributed by atoms with E-state index in [1.165, 1.54) is 32.1 Å². The number of carbonyl (C=O) groups excluding carboxylic acids is 1. The lowest BCUT2D eigenvalue weighted by atomic mass is 10.1. The Morgan fingerprint density at radius 3 is 2.62 bits per heavy atom. The Bertz CT molecular complexity index is 233. The molecule has 0 bridgehead atoms. The molecule has 0 aromatic carbocycles. The number of hydrogen-bond donors (Lipinski definition) is 1. The molecule has 0 aliphatic rings. The second-order valence-electron chi connectivity index (χ2n) is 3.54. The van der Waals surface area contributed by atoms with Crippen molar-refractivity contribution in [2.24, 2.45) is 0 Å². The number of nitrogens with one attached hydrogen (secondary N) is 1. The Balaban J connectivity index is 3.17. The highest BCUT2D eigenvalue weighted by Crippen LogP contribution is 2.03. The Labute approximate surface area is 112 Å². The summed E-state index contributed by atoms with van der Waals surface area (Å²) in [7, 11) is 0. The van der Waals surface area contributed by atoms with Gasteiger partial charge in [-0.1, -0.05) is 44.9 Å². The summed E-state index contributed by atoms with van der Waals surface area (Å²) in [4.78, 5) is 11.0. The fraction of sp³-hybridized carbons (Fsp3) is 0.750. The molecule has 0 radical (unpaired) electrons. The van der Waals surface area contributed by atoms with Gasteiger partial charge in [0.1, 0.15) is 0 Å². The number of amides is 1. The zero-order valence-corrected chi connectivity index (χ0v) is 12.0. The van der Waals surface area contributed by atoms with Crippen LogP contribution in [0.15, 0.2) is 0 Å². The fourth-order valence-electron chi connectivity index (χ4n) is 1.28. The normalized spacial score (nSPS) is 9.12. The summed E-state index contributed by atoms with van der Waals surface area (Å²) in [5, 5.41) is 2.70. The minimum absolute atomic E-state index is 0.172. The van der Waals surface area contributed by atoms with Crippen molar-refractivity contribution < 1.29 is 9.53 Å². The molecule has 1 amide bonds. The summed E-state index contributed by atoms with van der Waals surface area (Å²) < 4.78 is 7.43. The molecule has 0 saturated carbocycles. The van der Waals surface area contributed by atoms with Crippen molar-refractivity contribution in [3.63, 3.8) is 0 Å². The molecular weight excluding hydrogens is 317 g/mol. The molecule has 1 N–H and O–H groups in total. The number of rotatable bonds is 8. The highest BCUT2D eigenvalue weighted by molar-refractivity contribution is 14.1. The maximum Gasteiger partial charge on any atom is 0.408 e. The van der Waals surface area contributed by atoms with Gasteiger partial charge in [0.2, 0.25) is 0 Å². The lowest BCUT2D eigenvalue weighted by molar-refractivity contribution is 0.160. The molecule has 0 aromatic heterocycles. The molecular formula is C12H20INO2. The second-order valence-corrected chi connectivity index (χ2v) is 4.08. The van der Waals surface area contributed by atoms with Crippen molar-refractivity contribution in [3.8, 4) is 9.85 Å². The zero-order chi connectivity index (χ0) is 12.1. The van der Waals surface area contributed by atoms with E-state index < -0.39 is 0 Å². The first-order valence-electron chi connectivity index (χ1n) is 5.80. The third-order valence-electron chi connectivity index (χ3n) is 2.14. The van der Waals surface area contributed by atoms with Crippen LogP contribution < -0.4 is 5.32 Å². The Morgan fingerprint density at radius 2 is 1.94 bits per heavy atom. The summed E-state index contributed by atoms with van der Waals surface area (Å²) in [6.07, 6.45) is 6.96.